The number of carbonyl (C=O) groups is 2. The molecule has 0 saturated heterocycles. The van der Waals surface area contributed by atoms with Gasteiger partial charge in [0.2, 0.25) is 0 Å². The number of ether oxygens (including phenoxy) is 1. The van der Waals surface area contributed by atoms with Crippen LogP contribution in [0.1, 0.15) is 41.9 Å². The molecule has 1 rings (SSSR count). The van der Waals surface area contributed by atoms with E-state index >= 15 is 0 Å². The molecule has 0 aliphatic rings. The van der Waals surface area contributed by atoms with Gasteiger partial charge >= 0.3 is 5.97 Å². The van der Waals surface area contributed by atoms with Crippen LogP contribution in [0.15, 0.2) is 11.4 Å². The van der Waals surface area contributed by atoms with Crippen molar-refractivity contribution in [2.45, 2.75) is 39.2 Å². The molecule has 1 atom stereocenters. The van der Waals surface area contributed by atoms with Gasteiger partial charge in [0.25, 0.3) is 5.91 Å². The lowest BCUT2D eigenvalue weighted by molar-refractivity contribution is -0.147. The first kappa shape index (κ1) is 14.7. The van der Waals surface area contributed by atoms with E-state index in [4.69, 9.17) is 4.74 Å². The van der Waals surface area contributed by atoms with E-state index in [2.05, 4.69) is 5.32 Å². The molecular weight excluding hydrogens is 250 g/mol. The number of hydrogen-bond donors (Lipinski definition) is 1. The Hall–Kier alpha value is -1.36. The fourth-order valence-corrected chi connectivity index (χ4v) is 2.67. The standard InChI is InChI=1S/C13H19NO3S/c1-5-7-13(3,12(16)17-4)14-11(15)10-9(2)6-8-18-10/h6,8H,5,7H2,1-4H3,(H,14,15). The smallest absolute Gasteiger partial charge is 0.331 e. The van der Waals surface area contributed by atoms with Crippen molar-refractivity contribution in [1.82, 2.24) is 5.32 Å². The van der Waals surface area contributed by atoms with Gasteiger partial charge in [-0.3, -0.25) is 4.79 Å². The highest BCUT2D eigenvalue weighted by Gasteiger charge is 2.35. The summed E-state index contributed by atoms with van der Waals surface area (Å²) in [6.07, 6.45) is 1.34. The van der Waals surface area contributed by atoms with Crippen LogP contribution in [-0.4, -0.2) is 24.5 Å². The molecule has 100 valence electrons. The summed E-state index contributed by atoms with van der Waals surface area (Å²) in [7, 11) is 1.33. The van der Waals surface area contributed by atoms with Crippen LogP contribution in [0.5, 0.6) is 0 Å². The van der Waals surface area contributed by atoms with E-state index in [9.17, 15) is 9.59 Å². The second kappa shape index (κ2) is 6.00. The topological polar surface area (TPSA) is 55.4 Å². The first-order valence-corrected chi connectivity index (χ1v) is 6.77. The third kappa shape index (κ3) is 3.10. The number of thiophene rings is 1. The van der Waals surface area contributed by atoms with Gasteiger partial charge in [0.05, 0.1) is 12.0 Å². The molecule has 5 heteroatoms. The van der Waals surface area contributed by atoms with Crippen molar-refractivity contribution in [3.63, 3.8) is 0 Å². The average Bonchev–Trinajstić information content (AvgIpc) is 2.74. The van der Waals surface area contributed by atoms with Crippen molar-refractivity contribution >= 4 is 23.2 Å². The van der Waals surface area contributed by atoms with Crippen molar-refractivity contribution in [2.75, 3.05) is 7.11 Å². The summed E-state index contributed by atoms with van der Waals surface area (Å²) in [5.74, 6) is -0.629. The first-order chi connectivity index (χ1) is 8.44. The number of nitrogens with one attached hydrogen (secondary N) is 1. The summed E-state index contributed by atoms with van der Waals surface area (Å²) in [5, 5.41) is 4.65. The molecule has 1 aromatic heterocycles. The SMILES string of the molecule is CCCC(C)(NC(=O)c1sccc1C)C(=O)OC. The quantitative estimate of drug-likeness (QED) is 0.836. The zero-order chi connectivity index (χ0) is 13.8. The molecule has 0 spiro atoms. The molecule has 18 heavy (non-hydrogen) atoms. The van der Waals surface area contributed by atoms with Crippen molar-refractivity contribution in [3.8, 4) is 0 Å². The first-order valence-electron chi connectivity index (χ1n) is 5.89. The van der Waals surface area contributed by atoms with Crippen LogP contribution >= 0.6 is 11.3 Å². The molecule has 1 heterocycles. The van der Waals surface area contributed by atoms with Crippen LogP contribution in [0, 0.1) is 6.92 Å². The average molecular weight is 269 g/mol. The van der Waals surface area contributed by atoms with Crippen molar-refractivity contribution < 1.29 is 14.3 Å². The van der Waals surface area contributed by atoms with E-state index < -0.39 is 11.5 Å². The molecule has 4 nitrogen and oxygen atoms in total. The van der Waals surface area contributed by atoms with Gasteiger partial charge in [-0.15, -0.1) is 11.3 Å². The molecule has 0 aliphatic carbocycles. The Morgan fingerprint density at radius 1 is 1.50 bits per heavy atom. The third-order valence-corrected chi connectivity index (χ3v) is 3.86. The number of carbonyl (C=O) groups excluding carboxylic acids is 2. The van der Waals surface area contributed by atoms with Gasteiger partial charge in [-0.25, -0.2) is 4.79 Å². The van der Waals surface area contributed by atoms with Gasteiger partial charge < -0.3 is 10.1 Å². The van der Waals surface area contributed by atoms with E-state index in [1.807, 2.05) is 25.3 Å². The van der Waals surface area contributed by atoms with Crippen molar-refractivity contribution in [1.29, 1.82) is 0 Å². The van der Waals surface area contributed by atoms with Crippen LogP contribution in [0.25, 0.3) is 0 Å². The van der Waals surface area contributed by atoms with E-state index in [-0.39, 0.29) is 5.91 Å². The van der Waals surface area contributed by atoms with Crippen molar-refractivity contribution in [3.05, 3.63) is 21.9 Å². The Morgan fingerprint density at radius 2 is 2.17 bits per heavy atom. The molecule has 1 unspecified atom stereocenters. The number of rotatable bonds is 5. The van der Waals surface area contributed by atoms with E-state index in [1.54, 1.807) is 6.92 Å². The monoisotopic (exact) mass is 269 g/mol. The summed E-state index contributed by atoms with van der Waals surface area (Å²) >= 11 is 1.37. The second-order valence-electron chi connectivity index (χ2n) is 4.46. The van der Waals surface area contributed by atoms with Crippen LogP contribution in [0.4, 0.5) is 0 Å². The van der Waals surface area contributed by atoms with Gasteiger partial charge in [-0.1, -0.05) is 13.3 Å². The highest BCUT2D eigenvalue weighted by Crippen LogP contribution is 2.19. The minimum absolute atomic E-state index is 0.219. The van der Waals surface area contributed by atoms with Gasteiger partial charge in [-0.2, -0.15) is 0 Å². The molecule has 0 saturated carbocycles. The minimum atomic E-state index is -0.961. The molecule has 1 amide bonds. The van der Waals surface area contributed by atoms with Gasteiger partial charge in [0.15, 0.2) is 0 Å². The number of hydrogen-bond acceptors (Lipinski definition) is 4. The molecule has 0 bridgehead atoms. The Bertz CT molecular complexity index is 441. The highest BCUT2D eigenvalue weighted by atomic mass is 32.1. The maximum Gasteiger partial charge on any atom is 0.331 e. The van der Waals surface area contributed by atoms with Gasteiger partial charge in [-0.05, 0) is 37.3 Å². The summed E-state index contributed by atoms with van der Waals surface area (Å²) < 4.78 is 4.77. The molecule has 0 aromatic carbocycles. The molecule has 1 aromatic rings. The number of esters is 1. The predicted molar refractivity (Wildman–Crippen MR) is 71.9 cm³/mol. The maximum absolute atomic E-state index is 12.1. The van der Waals surface area contributed by atoms with E-state index in [0.717, 1.165) is 12.0 Å². The van der Waals surface area contributed by atoms with Crippen molar-refractivity contribution in [2.24, 2.45) is 0 Å². The van der Waals surface area contributed by atoms with E-state index in [0.29, 0.717) is 11.3 Å². The van der Waals surface area contributed by atoms with Crippen LogP contribution in [0.3, 0.4) is 0 Å². The molecule has 0 aliphatic heterocycles. The molecule has 0 radical (unpaired) electrons. The summed E-state index contributed by atoms with van der Waals surface area (Å²) in [5.41, 5.74) is -0.0435. The van der Waals surface area contributed by atoms with E-state index in [1.165, 1.54) is 18.4 Å². The van der Waals surface area contributed by atoms with Crippen LogP contribution in [-0.2, 0) is 9.53 Å². The fourth-order valence-electron chi connectivity index (χ4n) is 1.85. The zero-order valence-corrected chi connectivity index (χ0v) is 12.0. The third-order valence-electron chi connectivity index (χ3n) is 2.84. The summed E-state index contributed by atoms with van der Waals surface area (Å²) in [6, 6.07) is 1.88. The Balaban J connectivity index is 2.88. The Morgan fingerprint density at radius 3 is 2.61 bits per heavy atom. The van der Waals surface area contributed by atoms with Gasteiger partial charge in [0.1, 0.15) is 5.54 Å². The highest BCUT2D eigenvalue weighted by molar-refractivity contribution is 7.12. The predicted octanol–water partition coefficient (Wildman–Crippen LogP) is 2.52. The van der Waals surface area contributed by atoms with Crippen LogP contribution in [0.2, 0.25) is 0 Å². The second-order valence-corrected chi connectivity index (χ2v) is 5.38. The summed E-state index contributed by atoms with van der Waals surface area (Å²) in [4.78, 5) is 24.5. The number of aryl methyl sites for hydroxylation is 1. The number of methoxy groups -OCH3 is 1. The lowest BCUT2D eigenvalue weighted by Gasteiger charge is -2.27. The molecular formula is C13H19NO3S. The maximum atomic E-state index is 12.1. The largest absolute Gasteiger partial charge is 0.467 e. The van der Waals surface area contributed by atoms with Gasteiger partial charge in [0, 0.05) is 0 Å². The Labute approximate surface area is 111 Å². The lowest BCUT2D eigenvalue weighted by Crippen LogP contribution is -2.52. The lowest BCUT2D eigenvalue weighted by atomic mass is 9.96. The summed E-state index contributed by atoms with van der Waals surface area (Å²) in [6.45, 7) is 5.54. The normalized spacial score (nSPS) is 13.8. The molecule has 1 N–H and O–H groups in total. The zero-order valence-electron chi connectivity index (χ0n) is 11.2. The van der Waals surface area contributed by atoms with Crippen LogP contribution < -0.4 is 5.32 Å². The Kier molecular flexibility index (Phi) is 4.90. The minimum Gasteiger partial charge on any atom is -0.467 e. The fraction of sp³-hybridized carbons (Fsp3) is 0.538. The number of amides is 1. The molecule has 0 fully saturated rings.